The number of rotatable bonds is 5. The van der Waals surface area contributed by atoms with Crippen molar-refractivity contribution in [2.75, 3.05) is 12.8 Å². The maximum absolute atomic E-state index is 11.8. The highest BCUT2D eigenvalue weighted by molar-refractivity contribution is 7.84. The van der Waals surface area contributed by atoms with Gasteiger partial charge in [0.15, 0.2) is 0 Å². The van der Waals surface area contributed by atoms with Crippen molar-refractivity contribution in [1.82, 2.24) is 10.6 Å². The molecule has 0 aliphatic heterocycles. The molecule has 0 heterocycles. The number of benzene rings is 1. The van der Waals surface area contributed by atoms with E-state index in [0.717, 1.165) is 36.1 Å². The molecule has 1 saturated carbocycles. The number of aliphatic hydroxyl groups excluding tert-OH is 1. The van der Waals surface area contributed by atoms with Gasteiger partial charge in [-0.1, -0.05) is 18.6 Å². The smallest absolute Gasteiger partial charge is 0.315 e. The third-order valence-electron chi connectivity index (χ3n) is 4.01. The second kappa shape index (κ2) is 8.29. The SMILES string of the molecule is CS(=O)c1ccc(CNC(=O)NCC2CCCC(O)C2)cc1. The normalized spacial score (nSPS) is 22.8. The molecule has 122 valence electrons. The van der Waals surface area contributed by atoms with Gasteiger partial charge in [0.05, 0.1) is 6.10 Å². The molecule has 3 N–H and O–H groups in total. The first-order valence-corrected chi connectivity index (χ1v) is 9.22. The molecular formula is C16H24N2O3S. The summed E-state index contributed by atoms with van der Waals surface area (Å²) in [7, 11) is -0.979. The molecule has 2 rings (SSSR count). The second-order valence-electron chi connectivity index (χ2n) is 5.85. The highest BCUT2D eigenvalue weighted by Gasteiger charge is 2.20. The topological polar surface area (TPSA) is 78.4 Å². The van der Waals surface area contributed by atoms with Gasteiger partial charge in [-0.15, -0.1) is 0 Å². The van der Waals surface area contributed by atoms with E-state index >= 15 is 0 Å². The monoisotopic (exact) mass is 324 g/mol. The van der Waals surface area contributed by atoms with Gasteiger partial charge in [-0.3, -0.25) is 4.21 Å². The third-order valence-corrected chi connectivity index (χ3v) is 4.95. The lowest BCUT2D eigenvalue weighted by Gasteiger charge is -2.25. The highest BCUT2D eigenvalue weighted by atomic mass is 32.2. The summed E-state index contributed by atoms with van der Waals surface area (Å²) in [5, 5.41) is 15.3. The van der Waals surface area contributed by atoms with Crippen molar-refractivity contribution < 1.29 is 14.1 Å². The Morgan fingerprint density at radius 2 is 2.00 bits per heavy atom. The van der Waals surface area contributed by atoms with Crippen LogP contribution in [0.5, 0.6) is 0 Å². The minimum absolute atomic E-state index is 0.191. The Labute approximate surface area is 134 Å². The zero-order valence-electron chi connectivity index (χ0n) is 12.9. The molecular weight excluding hydrogens is 300 g/mol. The third kappa shape index (κ3) is 5.42. The molecule has 0 saturated heterocycles. The Hall–Kier alpha value is -1.40. The van der Waals surface area contributed by atoms with Gasteiger partial charge in [-0.2, -0.15) is 0 Å². The summed E-state index contributed by atoms with van der Waals surface area (Å²) in [6, 6.07) is 7.18. The van der Waals surface area contributed by atoms with Crippen molar-refractivity contribution in [3.8, 4) is 0 Å². The summed E-state index contributed by atoms with van der Waals surface area (Å²) >= 11 is 0. The number of hydrogen-bond donors (Lipinski definition) is 3. The number of carbonyl (C=O) groups is 1. The molecule has 1 aromatic rings. The first-order chi connectivity index (χ1) is 10.5. The minimum atomic E-state index is -0.979. The molecule has 0 bridgehead atoms. The Morgan fingerprint density at radius 1 is 1.27 bits per heavy atom. The van der Waals surface area contributed by atoms with Crippen LogP contribution in [0.15, 0.2) is 29.2 Å². The highest BCUT2D eigenvalue weighted by Crippen LogP contribution is 2.23. The van der Waals surface area contributed by atoms with Crippen LogP contribution < -0.4 is 10.6 Å². The summed E-state index contributed by atoms with van der Waals surface area (Å²) < 4.78 is 11.3. The summed E-state index contributed by atoms with van der Waals surface area (Å²) in [6.45, 7) is 1.05. The molecule has 22 heavy (non-hydrogen) atoms. The van der Waals surface area contributed by atoms with Gasteiger partial charge in [0.2, 0.25) is 0 Å². The number of urea groups is 1. The number of carbonyl (C=O) groups excluding carboxylic acids is 1. The number of amides is 2. The van der Waals surface area contributed by atoms with Crippen molar-refractivity contribution in [2.45, 2.75) is 43.2 Å². The molecule has 2 amide bonds. The van der Waals surface area contributed by atoms with E-state index in [2.05, 4.69) is 10.6 Å². The second-order valence-corrected chi connectivity index (χ2v) is 7.23. The van der Waals surface area contributed by atoms with E-state index in [-0.39, 0.29) is 12.1 Å². The van der Waals surface area contributed by atoms with E-state index in [0.29, 0.717) is 19.0 Å². The molecule has 1 aliphatic carbocycles. The van der Waals surface area contributed by atoms with E-state index in [1.54, 1.807) is 6.26 Å². The zero-order valence-corrected chi connectivity index (χ0v) is 13.7. The molecule has 5 nitrogen and oxygen atoms in total. The van der Waals surface area contributed by atoms with E-state index in [1.807, 2.05) is 24.3 Å². The Balaban J connectivity index is 1.70. The van der Waals surface area contributed by atoms with Crippen LogP contribution in [0.1, 0.15) is 31.2 Å². The molecule has 3 atom stereocenters. The van der Waals surface area contributed by atoms with Crippen LogP contribution >= 0.6 is 0 Å². The lowest BCUT2D eigenvalue weighted by molar-refractivity contribution is 0.101. The van der Waals surface area contributed by atoms with Crippen molar-refractivity contribution in [2.24, 2.45) is 5.92 Å². The maximum atomic E-state index is 11.8. The van der Waals surface area contributed by atoms with Gasteiger partial charge < -0.3 is 15.7 Å². The fourth-order valence-corrected chi connectivity index (χ4v) is 3.25. The van der Waals surface area contributed by atoms with E-state index in [1.165, 1.54) is 0 Å². The van der Waals surface area contributed by atoms with Crippen LogP contribution in [-0.4, -0.2) is 34.3 Å². The summed E-state index contributed by atoms with van der Waals surface area (Å²) in [4.78, 5) is 12.6. The summed E-state index contributed by atoms with van der Waals surface area (Å²) in [5.74, 6) is 0.369. The Morgan fingerprint density at radius 3 is 2.64 bits per heavy atom. The van der Waals surface area contributed by atoms with E-state index in [4.69, 9.17) is 0 Å². The van der Waals surface area contributed by atoms with Crippen molar-refractivity contribution in [1.29, 1.82) is 0 Å². The standard InChI is InChI=1S/C16H24N2O3S/c1-22(21)15-7-5-12(6-8-15)10-17-16(20)18-11-13-3-2-4-14(19)9-13/h5-8,13-14,19H,2-4,9-11H2,1H3,(H2,17,18,20). The largest absolute Gasteiger partial charge is 0.393 e. The van der Waals surface area contributed by atoms with Crippen LogP contribution in [0, 0.1) is 5.92 Å². The molecule has 1 aliphatic rings. The summed E-state index contributed by atoms with van der Waals surface area (Å²) in [6.07, 6.45) is 5.17. The quantitative estimate of drug-likeness (QED) is 0.772. The fourth-order valence-electron chi connectivity index (χ4n) is 2.73. The molecule has 0 spiro atoms. The van der Waals surface area contributed by atoms with Crippen LogP contribution in [0.3, 0.4) is 0 Å². The minimum Gasteiger partial charge on any atom is -0.393 e. The predicted molar refractivity (Wildman–Crippen MR) is 87.0 cm³/mol. The van der Waals surface area contributed by atoms with Crippen molar-refractivity contribution in [3.05, 3.63) is 29.8 Å². The number of hydrogen-bond acceptors (Lipinski definition) is 3. The summed E-state index contributed by atoms with van der Waals surface area (Å²) in [5.41, 5.74) is 0.970. The molecule has 1 aromatic carbocycles. The maximum Gasteiger partial charge on any atom is 0.315 e. The molecule has 3 unspecified atom stereocenters. The molecule has 1 fully saturated rings. The zero-order chi connectivity index (χ0) is 15.9. The van der Waals surface area contributed by atoms with Crippen LogP contribution in [-0.2, 0) is 17.3 Å². The lowest BCUT2D eigenvalue weighted by Crippen LogP contribution is -2.39. The van der Waals surface area contributed by atoms with Crippen LogP contribution in [0.25, 0.3) is 0 Å². The average Bonchev–Trinajstić information content (AvgIpc) is 2.51. The first-order valence-electron chi connectivity index (χ1n) is 7.66. The van der Waals surface area contributed by atoms with Crippen LogP contribution in [0.2, 0.25) is 0 Å². The van der Waals surface area contributed by atoms with Crippen molar-refractivity contribution in [3.63, 3.8) is 0 Å². The van der Waals surface area contributed by atoms with Gasteiger partial charge >= 0.3 is 6.03 Å². The average molecular weight is 324 g/mol. The molecule has 0 aromatic heterocycles. The van der Waals surface area contributed by atoms with Gasteiger partial charge in [0.1, 0.15) is 0 Å². The van der Waals surface area contributed by atoms with E-state index < -0.39 is 10.8 Å². The van der Waals surface area contributed by atoms with Crippen LogP contribution in [0.4, 0.5) is 4.79 Å². The van der Waals surface area contributed by atoms with Crippen molar-refractivity contribution >= 4 is 16.8 Å². The molecule has 0 radical (unpaired) electrons. The van der Waals surface area contributed by atoms with Gasteiger partial charge in [0.25, 0.3) is 0 Å². The Kier molecular flexibility index (Phi) is 6.39. The number of nitrogens with one attached hydrogen (secondary N) is 2. The molecule has 6 heteroatoms. The fraction of sp³-hybridized carbons (Fsp3) is 0.562. The van der Waals surface area contributed by atoms with Gasteiger partial charge in [-0.05, 0) is 42.9 Å². The van der Waals surface area contributed by atoms with E-state index in [9.17, 15) is 14.1 Å². The van der Waals surface area contributed by atoms with Gasteiger partial charge in [-0.25, -0.2) is 4.79 Å². The number of aliphatic hydroxyl groups is 1. The van der Waals surface area contributed by atoms with Gasteiger partial charge in [0, 0.05) is 35.0 Å². The Bertz CT molecular complexity index is 519. The predicted octanol–water partition coefficient (Wildman–Crippen LogP) is 1.77. The first kappa shape index (κ1) is 17.0. The lowest BCUT2D eigenvalue weighted by atomic mass is 9.87.